The highest BCUT2D eigenvalue weighted by Gasteiger charge is 2.39. The highest BCUT2D eigenvalue weighted by atomic mass is 19.1. The summed E-state index contributed by atoms with van der Waals surface area (Å²) in [5, 5.41) is 7.30. The van der Waals surface area contributed by atoms with Crippen molar-refractivity contribution in [1.82, 2.24) is 25.0 Å². The van der Waals surface area contributed by atoms with Crippen molar-refractivity contribution in [1.29, 1.82) is 0 Å². The van der Waals surface area contributed by atoms with E-state index in [1.54, 1.807) is 0 Å². The van der Waals surface area contributed by atoms with E-state index < -0.39 is 6.67 Å². The number of nitrogens with zero attached hydrogens (tertiary/aromatic N) is 4. The first-order valence-corrected chi connectivity index (χ1v) is 9.73. The van der Waals surface area contributed by atoms with Crippen molar-refractivity contribution in [2.75, 3.05) is 39.4 Å². The van der Waals surface area contributed by atoms with Crippen molar-refractivity contribution in [3.63, 3.8) is 0 Å². The van der Waals surface area contributed by atoms with Crippen molar-refractivity contribution in [2.24, 2.45) is 5.92 Å². The van der Waals surface area contributed by atoms with Gasteiger partial charge >= 0.3 is 0 Å². The SMILES string of the molecule is O=C(CN1CCCCCC1)N1C[C@@H](CF)[C@H](c2nc(C3CC3)n[nH]2)C1. The van der Waals surface area contributed by atoms with Crippen molar-refractivity contribution in [2.45, 2.75) is 50.4 Å². The Kier molecular flexibility index (Phi) is 5.01. The largest absolute Gasteiger partial charge is 0.340 e. The average Bonchev–Trinajstić information content (AvgIpc) is 3.27. The topological polar surface area (TPSA) is 65.1 Å². The molecule has 25 heavy (non-hydrogen) atoms. The molecule has 1 amide bonds. The Bertz CT molecular complexity index is 594. The minimum Gasteiger partial charge on any atom is -0.340 e. The van der Waals surface area contributed by atoms with E-state index in [9.17, 15) is 9.18 Å². The van der Waals surface area contributed by atoms with E-state index in [1.165, 1.54) is 25.7 Å². The molecule has 0 aromatic carbocycles. The number of carbonyl (C=O) groups excluding carboxylic acids is 1. The van der Waals surface area contributed by atoms with Gasteiger partial charge in [-0.2, -0.15) is 5.10 Å². The normalized spacial score (nSPS) is 28.3. The van der Waals surface area contributed by atoms with Gasteiger partial charge in [0.15, 0.2) is 5.82 Å². The van der Waals surface area contributed by atoms with Gasteiger partial charge in [0.25, 0.3) is 0 Å². The van der Waals surface area contributed by atoms with Crippen LogP contribution in [0.2, 0.25) is 0 Å². The Balaban J connectivity index is 1.38. The molecule has 0 spiro atoms. The average molecular weight is 349 g/mol. The summed E-state index contributed by atoms with van der Waals surface area (Å²) in [5.74, 6) is 2.00. The van der Waals surface area contributed by atoms with Crippen molar-refractivity contribution in [3.8, 4) is 0 Å². The lowest BCUT2D eigenvalue weighted by Gasteiger charge is -2.23. The molecule has 138 valence electrons. The minimum atomic E-state index is -0.419. The predicted molar refractivity (Wildman–Crippen MR) is 92.1 cm³/mol. The second kappa shape index (κ2) is 7.40. The van der Waals surface area contributed by atoms with Crippen LogP contribution < -0.4 is 0 Å². The number of aromatic nitrogens is 3. The summed E-state index contributed by atoms with van der Waals surface area (Å²) in [6.07, 6.45) is 7.16. The maximum atomic E-state index is 13.6. The number of likely N-dealkylation sites (tertiary alicyclic amines) is 2. The molecule has 0 unspecified atom stereocenters. The van der Waals surface area contributed by atoms with Gasteiger partial charge in [-0.25, -0.2) is 4.98 Å². The van der Waals surface area contributed by atoms with Gasteiger partial charge in [-0.3, -0.25) is 19.2 Å². The molecule has 2 saturated heterocycles. The Morgan fingerprint density at radius 2 is 1.92 bits per heavy atom. The maximum Gasteiger partial charge on any atom is 0.236 e. The van der Waals surface area contributed by atoms with Gasteiger partial charge in [-0.1, -0.05) is 12.8 Å². The fourth-order valence-electron chi connectivity index (χ4n) is 4.10. The molecule has 2 atom stereocenters. The zero-order chi connectivity index (χ0) is 17.2. The van der Waals surface area contributed by atoms with Crippen LogP contribution in [0.4, 0.5) is 4.39 Å². The van der Waals surface area contributed by atoms with Crippen molar-refractivity contribution < 1.29 is 9.18 Å². The first-order chi connectivity index (χ1) is 12.2. The van der Waals surface area contributed by atoms with Gasteiger partial charge in [0.2, 0.25) is 5.91 Å². The first-order valence-electron chi connectivity index (χ1n) is 9.73. The van der Waals surface area contributed by atoms with Crippen LogP contribution in [0.1, 0.15) is 62.0 Å². The first kappa shape index (κ1) is 16.9. The zero-order valence-electron chi connectivity index (χ0n) is 14.8. The fourth-order valence-corrected chi connectivity index (χ4v) is 4.10. The van der Waals surface area contributed by atoms with Crippen LogP contribution in [0.3, 0.4) is 0 Å². The Morgan fingerprint density at radius 1 is 1.16 bits per heavy atom. The van der Waals surface area contributed by atoms with Crippen LogP contribution in [-0.4, -0.2) is 70.3 Å². The van der Waals surface area contributed by atoms with Crippen LogP contribution in [0.25, 0.3) is 0 Å². The molecule has 3 aliphatic rings. The number of nitrogens with one attached hydrogen (secondary N) is 1. The number of alkyl halides is 1. The van der Waals surface area contributed by atoms with Gasteiger partial charge in [-0.15, -0.1) is 0 Å². The van der Waals surface area contributed by atoms with Crippen molar-refractivity contribution in [3.05, 3.63) is 11.6 Å². The van der Waals surface area contributed by atoms with E-state index >= 15 is 0 Å². The summed E-state index contributed by atoms with van der Waals surface area (Å²) < 4.78 is 13.6. The van der Waals surface area contributed by atoms with Crippen LogP contribution in [0.5, 0.6) is 0 Å². The number of halogens is 1. The molecule has 4 rings (SSSR count). The molecular weight excluding hydrogens is 321 g/mol. The third-order valence-electron chi connectivity index (χ3n) is 5.86. The van der Waals surface area contributed by atoms with E-state index in [-0.39, 0.29) is 17.7 Å². The fraction of sp³-hybridized carbons (Fsp3) is 0.833. The highest BCUT2D eigenvalue weighted by Crippen LogP contribution is 2.39. The number of carbonyl (C=O) groups is 1. The smallest absolute Gasteiger partial charge is 0.236 e. The number of hydrogen-bond acceptors (Lipinski definition) is 4. The minimum absolute atomic E-state index is 0.0573. The number of hydrogen-bond donors (Lipinski definition) is 1. The lowest BCUT2D eigenvalue weighted by Crippen LogP contribution is -2.40. The molecule has 1 aliphatic carbocycles. The van der Waals surface area contributed by atoms with Crippen LogP contribution >= 0.6 is 0 Å². The van der Waals surface area contributed by atoms with Gasteiger partial charge in [-0.05, 0) is 38.8 Å². The van der Waals surface area contributed by atoms with Crippen LogP contribution in [0, 0.1) is 5.92 Å². The summed E-state index contributed by atoms with van der Waals surface area (Å²) in [5.41, 5.74) is 0. The summed E-state index contributed by atoms with van der Waals surface area (Å²) in [6, 6.07) is 0. The summed E-state index contributed by atoms with van der Waals surface area (Å²) in [4.78, 5) is 21.4. The maximum absolute atomic E-state index is 13.6. The molecule has 2 aliphatic heterocycles. The summed E-state index contributed by atoms with van der Waals surface area (Å²) in [7, 11) is 0. The van der Waals surface area contributed by atoms with Crippen LogP contribution in [-0.2, 0) is 4.79 Å². The third-order valence-corrected chi connectivity index (χ3v) is 5.86. The lowest BCUT2D eigenvalue weighted by molar-refractivity contribution is -0.131. The Morgan fingerprint density at radius 3 is 2.60 bits per heavy atom. The molecular formula is C18H28FN5O. The van der Waals surface area contributed by atoms with Gasteiger partial charge in [0.1, 0.15) is 5.82 Å². The number of rotatable bonds is 5. The molecule has 6 nitrogen and oxygen atoms in total. The molecule has 0 radical (unpaired) electrons. The van der Waals surface area contributed by atoms with E-state index in [0.29, 0.717) is 25.6 Å². The molecule has 1 N–H and O–H groups in total. The molecule has 1 aromatic rings. The van der Waals surface area contributed by atoms with E-state index in [4.69, 9.17) is 0 Å². The van der Waals surface area contributed by atoms with Gasteiger partial charge in [0, 0.05) is 30.8 Å². The van der Waals surface area contributed by atoms with E-state index in [1.807, 2.05) is 4.90 Å². The zero-order valence-corrected chi connectivity index (χ0v) is 14.8. The van der Waals surface area contributed by atoms with Gasteiger partial charge in [0.05, 0.1) is 13.2 Å². The molecule has 0 bridgehead atoms. The molecule has 1 saturated carbocycles. The summed E-state index contributed by atoms with van der Waals surface area (Å²) in [6.45, 7) is 3.10. The van der Waals surface area contributed by atoms with Gasteiger partial charge < -0.3 is 4.90 Å². The molecule has 7 heteroatoms. The monoisotopic (exact) mass is 349 g/mol. The van der Waals surface area contributed by atoms with E-state index in [2.05, 4.69) is 20.1 Å². The molecule has 3 heterocycles. The Labute approximate surface area is 148 Å². The number of amides is 1. The van der Waals surface area contributed by atoms with Crippen molar-refractivity contribution >= 4 is 5.91 Å². The lowest BCUT2D eigenvalue weighted by atomic mass is 9.97. The molecule has 3 fully saturated rings. The second-order valence-electron chi connectivity index (χ2n) is 7.86. The van der Waals surface area contributed by atoms with E-state index in [0.717, 1.165) is 37.6 Å². The molecule has 1 aromatic heterocycles. The highest BCUT2D eigenvalue weighted by molar-refractivity contribution is 5.78. The third kappa shape index (κ3) is 3.86. The second-order valence-corrected chi connectivity index (χ2v) is 7.86. The number of H-pyrrole nitrogens is 1. The number of aromatic amines is 1. The Hall–Kier alpha value is -1.50. The standard InChI is InChI=1S/C18H28FN5O/c19-9-14-10-24(16(25)12-23-7-3-1-2-4-8-23)11-15(14)18-20-17(21-22-18)13-5-6-13/h13-15H,1-12H2,(H,20,21,22)/t14-,15-/m1/s1. The summed E-state index contributed by atoms with van der Waals surface area (Å²) >= 11 is 0. The van der Waals surface area contributed by atoms with Crippen LogP contribution in [0.15, 0.2) is 0 Å². The predicted octanol–water partition coefficient (Wildman–Crippen LogP) is 2.07. The quantitative estimate of drug-likeness (QED) is 0.884.